The van der Waals surface area contributed by atoms with Crippen LogP contribution in [0.25, 0.3) is 0 Å². The minimum Gasteiger partial charge on any atom is -0.494 e. The van der Waals surface area contributed by atoms with Crippen LogP contribution in [0.2, 0.25) is 0 Å². The number of benzene rings is 2. The van der Waals surface area contributed by atoms with E-state index in [4.69, 9.17) is 4.74 Å². The van der Waals surface area contributed by atoms with E-state index >= 15 is 0 Å². The molecule has 0 unspecified atom stereocenters. The van der Waals surface area contributed by atoms with Crippen molar-refractivity contribution in [1.82, 2.24) is 0 Å². The maximum atomic E-state index is 5.54. The average molecular weight is 309 g/mol. The van der Waals surface area contributed by atoms with Gasteiger partial charge in [-0.1, -0.05) is 19.1 Å². The first-order valence-electron chi connectivity index (χ1n) is 7.75. The first kappa shape index (κ1) is 16.7. The van der Waals surface area contributed by atoms with Crippen LogP contribution in [0.1, 0.15) is 24.5 Å². The molecular formula is C19H23N3O. The maximum Gasteiger partial charge on any atom is 0.119 e. The molecule has 2 aromatic carbocycles. The molecule has 0 aliphatic carbocycles. The molecule has 120 valence electrons. The highest BCUT2D eigenvalue weighted by Crippen LogP contribution is 2.12. The van der Waals surface area contributed by atoms with E-state index in [-0.39, 0.29) is 0 Å². The zero-order chi connectivity index (χ0) is 16.5. The third-order valence-electron chi connectivity index (χ3n) is 3.24. The van der Waals surface area contributed by atoms with Gasteiger partial charge in [-0.2, -0.15) is 10.2 Å². The Morgan fingerprint density at radius 1 is 0.870 bits per heavy atom. The van der Waals surface area contributed by atoms with Crippen LogP contribution in [0.4, 0.5) is 5.69 Å². The Morgan fingerprint density at radius 2 is 1.39 bits per heavy atom. The molecule has 0 saturated heterocycles. The van der Waals surface area contributed by atoms with Crippen LogP contribution in [0.15, 0.2) is 58.7 Å². The van der Waals surface area contributed by atoms with E-state index in [1.54, 1.807) is 12.4 Å². The van der Waals surface area contributed by atoms with Crippen molar-refractivity contribution in [3.63, 3.8) is 0 Å². The molecule has 0 aliphatic heterocycles. The third-order valence-corrected chi connectivity index (χ3v) is 3.24. The van der Waals surface area contributed by atoms with Gasteiger partial charge in [0.05, 0.1) is 19.0 Å². The highest BCUT2D eigenvalue weighted by Gasteiger charge is 1.94. The highest BCUT2D eigenvalue weighted by atomic mass is 16.5. The second-order valence-corrected chi connectivity index (χ2v) is 5.39. The molecule has 0 radical (unpaired) electrons. The molecule has 0 atom stereocenters. The lowest BCUT2D eigenvalue weighted by atomic mass is 10.2. The predicted molar refractivity (Wildman–Crippen MR) is 98.2 cm³/mol. The summed E-state index contributed by atoms with van der Waals surface area (Å²) in [6.07, 6.45) is 4.48. The smallest absolute Gasteiger partial charge is 0.119 e. The van der Waals surface area contributed by atoms with Crippen LogP contribution >= 0.6 is 0 Å². The van der Waals surface area contributed by atoms with Gasteiger partial charge in [-0.05, 0) is 53.9 Å². The summed E-state index contributed by atoms with van der Waals surface area (Å²) in [7, 11) is 4.04. The van der Waals surface area contributed by atoms with E-state index in [9.17, 15) is 0 Å². The van der Waals surface area contributed by atoms with Crippen LogP contribution < -0.4 is 9.64 Å². The maximum absolute atomic E-state index is 5.54. The molecule has 4 nitrogen and oxygen atoms in total. The molecule has 0 fully saturated rings. The van der Waals surface area contributed by atoms with E-state index in [0.717, 1.165) is 35.6 Å². The normalized spacial score (nSPS) is 11.3. The first-order valence-corrected chi connectivity index (χ1v) is 7.75. The fourth-order valence-corrected chi connectivity index (χ4v) is 1.93. The minimum absolute atomic E-state index is 0.740. The fraction of sp³-hybridized carbons (Fsp3) is 0.263. The third kappa shape index (κ3) is 5.58. The average Bonchev–Trinajstić information content (AvgIpc) is 2.58. The van der Waals surface area contributed by atoms with Gasteiger partial charge in [0.2, 0.25) is 0 Å². The molecule has 2 aromatic rings. The molecule has 0 aliphatic rings. The van der Waals surface area contributed by atoms with E-state index in [0.29, 0.717) is 0 Å². The van der Waals surface area contributed by atoms with E-state index in [1.165, 1.54) is 0 Å². The zero-order valence-electron chi connectivity index (χ0n) is 13.9. The Bertz CT molecular complexity index is 643. The fourth-order valence-electron chi connectivity index (χ4n) is 1.93. The predicted octanol–water partition coefficient (Wildman–Crippen LogP) is 3.99. The van der Waals surface area contributed by atoms with Gasteiger partial charge in [0.1, 0.15) is 5.75 Å². The summed E-state index contributed by atoms with van der Waals surface area (Å²) in [6, 6.07) is 16.0. The molecule has 2 rings (SSSR count). The number of rotatable bonds is 7. The number of hydrogen-bond acceptors (Lipinski definition) is 4. The monoisotopic (exact) mass is 309 g/mol. The topological polar surface area (TPSA) is 37.2 Å². The standard InChI is InChI=1S/C19H23N3O/c1-4-13-23-19-11-7-17(8-12-19)15-21-20-14-16-5-9-18(10-6-16)22(2)3/h5-12,14-15H,4,13H2,1-3H3/b20-14+,21-15+. The van der Waals surface area contributed by atoms with Crippen LogP contribution in [0.3, 0.4) is 0 Å². The molecule has 0 N–H and O–H groups in total. The van der Waals surface area contributed by atoms with Crippen molar-refractivity contribution >= 4 is 18.1 Å². The Kier molecular flexibility index (Phi) is 6.36. The van der Waals surface area contributed by atoms with Gasteiger partial charge in [-0.15, -0.1) is 0 Å². The summed E-state index contributed by atoms with van der Waals surface area (Å²) in [5, 5.41) is 8.16. The van der Waals surface area contributed by atoms with Gasteiger partial charge in [0.15, 0.2) is 0 Å². The second-order valence-electron chi connectivity index (χ2n) is 5.39. The van der Waals surface area contributed by atoms with Gasteiger partial charge < -0.3 is 9.64 Å². The molecular weight excluding hydrogens is 286 g/mol. The van der Waals surface area contributed by atoms with Gasteiger partial charge in [0.25, 0.3) is 0 Å². The quantitative estimate of drug-likeness (QED) is 0.573. The Balaban J connectivity index is 1.90. The summed E-state index contributed by atoms with van der Waals surface area (Å²) in [5.41, 5.74) is 3.18. The summed E-state index contributed by atoms with van der Waals surface area (Å²) in [4.78, 5) is 2.06. The SMILES string of the molecule is CCCOc1ccc(/C=N/N=C/c2ccc(N(C)C)cc2)cc1. The Labute approximate surface area is 138 Å². The van der Waals surface area contributed by atoms with Gasteiger partial charge in [-0.25, -0.2) is 0 Å². The lowest BCUT2D eigenvalue weighted by Gasteiger charge is -2.11. The lowest BCUT2D eigenvalue weighted by molar-refractivity contribution is 0.317. The van der Waals surface area contributed by atoms with Crippen molar-refractivity contribution in [3.8, 4) is 5.75 Å². The molecule has 0 bridgehead atoms. The zero-order valence-corrected chi connectivity index (χ0v) is 13.9. The number of nitrogens with zero attached hydrogens (tertiary/aromatic N) is 3. The van der Waals surface area contributed by atoms with Gasteiger partial charge in [0, 0.05) is 19.8 Å². The van der Waals surface area contributed by atoms with Crippen molar-refractivity contribution in [2.75, 3.05) is 25.6 Å². The number of ether oxygens (including phenoxy) is 1. The van der Waals surface area contributed by atoms with Crippen molar-refractivity contribution < 1.29 is 4.74 Å². The molecule has 4 heteroatoms. The largest absolute Gasteiger partial charge is 0.494 e. The van der Waals surface area contributed by atoms with Gasteiger partial charge in [-0.3, -0.25) is 0 Å². The van der Waals surface area contributed by atoms with E-state index in [1.807, 2.05) is 50.5 Å². The van der Waals surface area contributed by atoms with E-state index in [2.05, 4.69) is 34.2 Å². The van der Waals surface area contributed by atoms with Crippen molar-refractivity contribution in [3.05, 3.63) is 59.7 Å². The summed E-state index contributed by atoms with van der Waals surface area (Å²) < 4.78 is 5.54. The molecule has 23 heavy (non-hydrogen) atoms. The van der Waals surface area contributed by atoms with Gasteiger partial charge >= 0.3 is 0 Å². The minimum atomic E-state index is 0.740. The van der Waals surface area contributed by atoms with Crippen LogP contribution in [0.5, 0.6) is 5.75 Å². The molecule has 0 saturated carbocycles. The highest BCUT2D eigenvalue weighted by molar-refractivity contribution is 5.83. The van der Waals surface area contributed by atoms with E-state index < -0.39 is 0 Å². The van der Waals surface area contributed by atoms with Crippen LogP contribution in [-0.2, 0) is 0 Å². The summed E-state index contributed by atoms with van der Waals surface area (Å²) in [5.74, 6) is 0.883. The van der Waals surface area contributed by atoms with Crippen molar-refractivity contribution in [1.29, 1.82) is 0 Å². The Morgan fingerprint density at radius 3 is 1.87 bits per heavy atom. The molecule has 0 heterocycles. The second kappa shape index (κ2) is 8.73. The van der Waals surface area contributed by atoms with Crippen LogP contribution in [-0.4, -0.2) is 33.1 Å². The Hall–Kier alpha value is -2.62. The molecule has 0 spiro atoms. The molecule has 0 aromatic heterocycles. The number of anilines is 1. The van der Waals surface area contributed by atoms with Crippen LogP contribution in [0, 0.1) is 0 Å². The molecule has 0 amide bonds. The van der Waals surface area contributed by atoms with Crippen molar-refractivity contribution in [2.24, 2.45) is 10.2 Å². The lowest BCUT2D eigenvalue weighted by Crippen LogP contribution is -2.08. The van der Waals surface area contributed by atoms with Crippen molar-refractivity contribution in [2.45, 2.75) is 13.3 Å². The summed E-state index contributed by atoms with van der Waals surface area (Å²) >= 11 is 0. The first-order chi connectivity index (χ1) is 11.2. The number of hydrogen-bond donors (Lipinski definition) is 0. The summed E-state index contributed by atoms with van der Waals surface area (Å²) in [6.45, 7) is 2.83.